The first kappa shape index (κ1) is 19.1. The van der Waals surface area contributed by atoms with Gasteiger partial charge in [-0.05, 0) is 54.4 Å². The van der Waals surface area contributed by atoms with E-state index in [0.717, 1.165) is 16.0 Å². The summed E-state index contributed by atoms with van der Waals surface area (Å²) in [5.74, 6) is -0.872. The standard InChI is InChI=1S/C20H16ClFN2O2S/c1-11-9-18(27-19(11)13-3-6-15(22)7-4-13)20(26)24-16-8-5-14(21)10-17(16)23-12(2)25/h3-10H,1-2H3,(H,23,25)(H,24,26). The smallest absolute Gasteiger partial charge is 0.265 e. The minimum atomic E-state index is -0.306. The molecular formula is C20H16ClFN2O2S. The molecule has 0 saturated heterocycles. The SMILES string of the molecule is CC(=O)Nc1cc(Cl)ccc1NC(=O)c1cc(C)c(-c2ccc(F)cc2)s1. The lowest BCUT2D eigenvalue weighted by Crippen LogP contribution is -2.14. The Balaban J connectivity index is 1.86. The molecule has 3 aromatic rings. The number of benzene rings is 2. The molecule has 0 fully saturated rings. The maximum Gasteiger partial charge on any atom is 0.265 e. The largest absolute Gasteiger partial charge is 0.324 e. The van der Waals surface area contributed by atoms with E-state index in [-0.39, 0.29) is 17.6 Å². The lowest BCUT2D eigenvalue weighted by atomic mass is 10.1. The van der Waals surface area contributed by atoms with Gasteiger partial charge in [0.1, 0.15) is 5.82 Å². The van der Waals surface area contributed by atoms with Crippen molar-refractivity contribution >= 4 is 46.1 Å². The highest BCUT2D eigenvalue weighted by atomic mass is 35.5. The van der Waals surface area contributed by atoms with Crippen molar-refractivity contribution in [3.05, 3.63) is 69.8 Å². The first-order valence-corrected chi connectivity index (χ1v) is 9.28. The Bertz CT molecular complexity index is 1020. The number of halogens is 2. The number of hydrogen-bond acceptors (Lipinski definition) is 3. The summed E-state index contributed by atoms with van der Waals surface area (Å²) in [6, 6.07) is 12.8. The van der Waals surface area contributed by atoms with E-state index in [1.807, 2.05) is 6.92 Å². The third-order valence-corrected chi connectivity index (χ3v) is 5.31. The Labute approximate surface area is 165 Å². The van der Waals surface area contributed by atoms with Crippen LogP contribution in [-0.2, 0) is 4.79 Å². The molecule has 3 rings (SSSR count). The van der Waals surface area contributed by atoms with Crippen LogP contribution in [0.15, 0.2) is 48.5 Å². The summed E-state index contributed by atoms with van der Waals surface area (Å²) < 4.78 is 13.1. The van der Waals surface area contributed by atoms with E-state index in [2.05, 4.69) is 10.6 Å². The second-order valence-electron chi connectivity index (χ2n) is 5.95. The van der Waals surface area contributed by atoms with Crippen LogP contribution in [0.25, 0.3) is 10.4 Å². The zero-order valence-electron chi connectivity index (χ0n) is 14.6. The molecule has 138 valence electrons. The summed E-state index contributed by atoms with van der Waals surface area (Å²) >= 11 is 7.29. The van der Waals surface area contributed by atoms with Crippen molar-refractivity contribution in [2.45, 2.75) is 13.8 Å². The quantitative estimate of drug-likeness (QED) is 0.585. The molecule has 2 amide bonds. The Morgan fingerprint density at radius 2 is 1.70 bits per heavy atom. The van der Waals surface area contributed by atoms with E-state index in [1.54, 1.807) is 36.4 Å². The van der Waals surface area contributed by atoms with E-state index in [4.69, 9.17) is 11.6 Å². The summed E-state index contributed by atoms with van der Waals surface area (Å²) in [5, 5.41) is 5.89. The van der Waals surface area contributed by atoms with Gasteiger partial charge in [0.05, 0.1) is 16.3 Å². The van der Waals surface area contributed by atoms with Crippen molar-refractivity contribution in [1.82, 2.24) is 0 Å². The molecule has 1 heterocycles. The molecule has 4 nitrogen and oxygen atoms in total. The number of aryl methyl sites for hydroxylation is 1. The molecule has 0 atom stereocenters. The number of carbonyl (C=O) groups is 2. The highest BCUT2D eigenvalue weighted by molar-refractivity contribution is 7.17. The number of anilines is 2. The van der Waals surface area contributed by atoms with E-state index < -0.39 is 0 Å². The zero-order valence-corrected chi connectivity index (χ0v) is 16.2. The molecule has 0 saturated carbocycles. The van der Waals surface area contributed by atoms with Crippen LogP contribution in [0.3, 0.4) is 0 Å². The second-order valence-corrected chi connectivity index (χ2v) is 7.44. The van der Waals surface area contributed by atoms with Gasteiger partial charge in [0.25, 0.3) is 5.91 Å². The number of carbonyl (C=O) groups excluding carboxylic acids is 2. The van der Waals surface area contributed by atoms with Crippen molar-refractivity contribution in [2.24, 2.45) is 0 Å². The molecule has 0 aliphatic rings. The summed E-state index contributed by atoms with van der Waals surface area (Å²) in [7, 11) is 0. The molecular weight excluding hydrogens is 387 g/mol. The van der Waals surface area contributed by atoms with Crippen molar-refractivity contribution in [3.8, 4) is 10.4 Å². The second kappa shape index (κ2) is 7.90. The van der Waals surface area contributed by atoms with Gasteiger partial charge in [-0.3, -0.25) is 9.59 Å². The molecule has 2 aromatic carbocycles. The molecule has 1 aromatic heterocycles. The van der Waals surface area contributed by atoms with Gasteiger partial charge >= 0.3 is 0 Å². The first-order valence-electron chi connectivity index (χ1n) is 8.08. The molecule has 0 aliphatic carbocycles. The average Bonchev–Trinajstić information content (AvgIpc) is 2.99. The monoisotopic (exact) mass is 402 g/mol. The van der Waals surface area contributed by atoms with Crippen molar-refractivity contribution in [3.63, 3.8) is 0 Å². The molecule has 0 radical (unpaired) electrons. The van der Waals surface area contributed by atoms with Gasteiger partial charge in [-0.2, -0.15) is 0 Å². The van der Waals surface area contributed by atoms with Crippen molar-refractivity contribution in [2.75, 3.05) is 10.6 Å². The lowest BCUT2D eigenvalue weighted by Gasteiger charge is -2.11. The Morgan fingerprint density at radius 3 is 2.37 bits per heavy atom. The fraction of sp³-hybridized carbons (Fsp3) is 0.100. The van der Waals surface area contributed by atoms with Crippen LogP contribution in [-0.4, -0.2) is 11.8 Å². The van der Waals surface area contributed by atoms with Crippen LogP contribution in [0.4, 0.5) is 15.8 Å². The topological polar surface area (TPSA) is 58.2 Å². The molecule has 0 aliphatic heterocycles. The number of hydrogen-bond donors (Lipinski definition) is 2. The number of nitrogens with one attached hydrogen (secondary N) is 2. The Morgan fingerprint density at radius 1 is 1.00 bits per heavy atom. The van der Waals surface area contributed by atoms with Gasteiger partial charge in [-0.25, -0.2) is 4.39 Å². The summed E-state index contributed by atoms with van der Waals surface area (Å²) in [4.78, 5) is 25.5. The van der Waals surface area contributed by atoms with Gasteiger partial charge in [0.2, 0.25) is 5.91 Å². The van der Waals surface area contributed by atoms with Gasteiger partial charge in [-0.1, -0.05) is 23.7 Å². The molecule has 0 spiro atoms. The highest BCUT2D eigenvalue weighted by Gasteiger charge is 2.16. The van der Waals surface area contributed by atoms with Crippen LogP contribution in [0.2, 0.25) is 5.02 Å². The summed E-state index contributed by atoms with van der Waals surface area (Å²) in [5.41, 5.74) is 2.66. The predicted molar refractivity (Wildman–Crippen MR) is 108 cm³/mol. The number of amides is 2. The summed E-state index contributed by atoms with van der Waals surface area (Å²) in [6.07, 6.45) is 0. The fourth-order valence-corrected chi connectivity index (χ4v) is 3.83. The molecule has 0 unspecified atom stereocenters. The van der Waals surface area contributed by atoms with Gasteiger partial charge in [0.15, 0.2) is 0 Å². The molecule has 2 N–H and O–H groups in total. The first-order chi connectivity index (χ1) is 12.8. The number of rotatable bonds is 4. The Kier molecular flexibility index (Phi) is 5.58. The minimum Gasteiger partial charge on any atom is -0.324 e. The van der Waals surface area contributed by atoms with Crippen LogP contribution in [0, 0.1) is 12.7 Å². The third-order valence-electron chi connectivity index (χ3n) is 3.79. The zero-order chi connectivity index (χ0) is 19.6. The molecule has 27 heavy (non-hydrogen) atoms. The maximum atomic E-state index is 13.1. The van der Waals surface area contributed by atoms with Crippen LogP contribution in [0.5, 0.6) is 0 Å². The van der Waals surface area contributed by atoms with Gasteiger partial charge in [-0.15, -0.1) is 11.3 Å². The predicted octanol–water partition coefficient (Wildman–Crippen LogP) is 5.73. The van der Waals surface area contributed by atoms with Crippen LogP contribution in [0.1, 0.15) is 22.2 Å². The molecule has 0 bridgehead atoms. The van der Waals surface area contributed by atoms with Crippen LogP contribution < -0.4 is 10.6 Å². The number of thiophene rings is 1. The Hall–Kier alpha value is -2.70. The van der Waals surface area contributed by atoms with E-state index in [0.29, 0.717) is 21.3 Å². The fourth-order valence-electron chi connectivity index (χ4n) is 2.58. The van der Waals surface area contributed by atoms with E-state index in [1.165, 1.54) is 30.4 Å². The molecule has 7 heteroatoms. The van der Waals surface area contributed by atoms with E-state index in [9.17, 15) is 14.0 Å². The minimum absolute atomic E-state index is 0.265. The maximum absolute atomic E-state index is 13.1. The average molecular weight is 403 g/mol. The summed E-state index contributed by atoms with van der Waals surface area (Å²) in [6.45, 7) is 3.28. The normalized spacial score (nSPS) is 10.5. The van der Waals surface area contributed by atoms with Gasteiger partial charge in [0, 0.05) is 16.8 Å². The third kappa shape index (κ3) is 4.53. The highest BCUT2D eigenvalue weighted by Crippen LogP contribution is 2.33. The van der Waals surface area contributed by atoms with Crippen molar-refractivity contribution < 1.29 is 14.0 Å². The van der Waals surface area contributed by atoms with Crippen molar-refractivity contribution in [1.29, 1.82) is 0 Å². The van der Waals surface area contributed by atoms with Gasteiger partial charge < -0.3 is 10.6 Å². The van der Waals surface area contributed by atoms with Crippen LogP contribution >= 0.6 is 22.9 Å². The lowest BCUT2D eigenvalue weighted by molar-refractivity contribution is -0.114. The van der Waals surface area contributed by atoms with E-state index >= 15 is 0 Å².